The van der Waals surface area contributed by atoms with Crippen molar-refractivity contribution in [3.8, 4) is 23.0 Å². The number of benzene rings is 2. The highest BCUT2D eigenvalue weighted by Crippen LogP contribution is 2.38. The van der Waals surface area contributed by atoms with Crippen LogP contribution < -0.4 is 30.0 Å². The van der Waals surface area contributed by atoms with Gasteiger partial charge in [-0.15, -0.1) is 0 Å². The van der Waals surface area contributed by atoms with Gasteiger partial charge in [0.05, 0.1) is 39.7 Å². The van der Waals surface area contributed by atoms with Crippen molar-refractivity contribution >= 4 is 29.2 Å². The lowest BCUT2D eigenvalue weighted by molar-refractivity contribution is -0.164. The van der Waals surface area contributed by atoms with Gasteiger partial charge in [0.25, 0.3) is 0 Å². The number of hydrogen-bond acceptors (Lipinski definition) is 7. The van der Waals surface area contributed by atoms with Gasteiger partial charge in [0.15, 0.2) is 0 Å². The molecule has 184 valence electrons. The van der Waals surface area contributed by atoms with Crippen molar-refractivity contribution in [3.63, 3.8) is 0 Å². The Balaban J connectivity index is 2.64. The molecule has 0 aliphatic carbocycles. The van der Waals surface area contributed by atoms with E-state index in [1.807, 2.05) is 0 Å². The fourth-order valence-corrected chi connectivity index (χ4v) is 2.99. The van der Waals surface area contributed by atoms with Gasteiger partial charge in [-0.05, 0) is 37.9 Å². The molecule has 0 radical (unpaired) electrons. The Labute approximate surface area is 196 Å². The van der Waals surface area contributed by atoms with E-state index < -0.39 is 17.9 Å². The van der Waals surface area contributed by atoms with Crippen molar-refractivity contribution in [2.24, 2.45) is 5.73 Å². The second-order valence-corrected chi connectivity index (χ2v) is 7.17. The zero-order valence-electron chi connectivity index (χ0n) is 19.7. The Morgan fingerprint density at radius 1 is 0.941 bits per heavy atom. The third-order valence-electron chi connectivity index (χ3n) is 4.90. The van der Waals surface area contributed by atoms with E-state index in [9.17, 15) is 18.4 Å². The Bertz CT molecular complexity index is 1080. The van der Waals surface area contributed by atoms with Crippen LogP contribution in [0.15, 0.2) is 30.3 Å². The van der Waals surface area contributed by atoms with Gasteiger partial charge in [-0.25, -0.2) is 4.90 Å². The number of nitrogens with one attached hydrogen (secondary N) is 1. The average molecular weight is 479 g/mol. The topological polar surface area (TPSA) is 112 Å². The molecule has 0 bridgehead atoms. The molecular formula is C23H27F2N3O6. The molecule has 0 aromatic heterocycles. The highest BCUT2D eigenvalue weighted by molar-refractivity contribution is 6.24. The van der Waals surface area contributed by atoms with Crippen LogP contribution in [-0.4, -0.2) is 65.3 Å². The van der Waals surface area contributed by atoms with Crippen molar-refractivity contribution in [3.05, 3.63) is 41.5 Å². The first-order valence-electron chi connectivity index (χ1n) is 9.86. The van der Waals surface area contributed by atoms with Crippen LogP contribution >= 0.6 is 0 Å². The summed E-state index contributed by atoms with van der Waals surface area (Å²) < 4.78 is 49.4. The molecule has 0 unspecified atom stereocenters. The zero-order valence-corrected chi connectivity index (χ0v) is 19.7. The molecule has 2 rings (SSSR count). The van der Waals surface area contributed by atoms with Gasteiger partial charge in [-0.2, -0.15) is 8.78 Å². The van der Waals surface area contributed by atoms with Gasteiger partial charge in [-0.3, -0.25) is 9.59 Å². The number of methoxy groups -OCH3 is 4. The number of primary amides is 1. The van der Waals surface area contributed by atoms with E-state index in [4.69, 9.17) is 24.7 Å². The lowest BCUT2D eigenvalue weighted by atomic mass is 10.00. The Morgan fingerprint density at radius 2 is 1.50 bits per heavy atom. The minimum absolute atomic E-state index is 0.000659. The number of carbonyl (C=O) groups excluding carboxylic acids is 2. The van der Waals surface area contributed by atoms with Crippen LogP contribution in [0.5, 0.6) is 23.0 Å². The Morgan fingerprint density at radius 3 is 1.94 bits per heavy atom. The molecular weight excluding hydrogens is 452 g/mol. The monoisotopic (exact) mass is 479 g/mol. The number of nitrogens with zero attached hydrogens (tertiary/aromatic N) is 1. The number of likely N-dealkylation sites (N-methyl/N-ethyl adjacent to an activating group) is 1. The van der Waals surface area contributed by atoms with Gasteiger partial charge in [-0.1, -0.05) is 6.07 Å². The Hall–Kier alpha value is -3.86. The minimum atomic E-state index is -3.78. The minimum Gasteiger partial charge on any atom is -0.496 e. The maximum Gasteiger partial charge on any atom is 0.383 e. The van der Waals surface area contributed by atoms with Crippen LogP contribution in [0.2, 0.25) is 0 Å². The molecule has 0 fully saturated rings. The van der Waals surface area contributed by atoms with E-state index in [1.54, 1.807) is 12.1 Å². The second kappa shape index (κ2) is 10.8. The summed E-state index contributed by atoms with van der Waals surface area (Å²) in [5, 5.41) is 2.14. The van der Waals surface area contributed by atoms with E-state index in [0.717, 1.165) is 14.1 Å². The predicted molar refractivity (Wildman–Crippen MR) is 123 cm³/mol. The molecule has 11 heteroatoms. The summed E-state index contributed by atoms with van der Waals surface area (Å²) in [6, 6.07) is 3.62. The van der Waals surface area contributed by atoms with Crippen molar-refractivity contribution in [2.75, 3.05) is 47.9 Å². The van der Waals surface area contributed by atoms with Crippen molar-refractivity contribution in [2.45, 2.75) is 6.05 Å². The van der Waals surface area contributed by atoms with E-state index in [-0.39, 0.29) is 22.6 Å². The largest absolute Gasteiger partial charge is 0.496 e. The molecule has 0 atom stereocenters. The number of ether oxygens (including phenoxy) is 4. The van der Waals surface area contributed by atoms with Gasteiger partial charge < -0.3 is 30.0 Å². The summed E-state index contributed by atoms with van der Waals surface area (Å²) in [4.78, 5) is 25.0. The molecule has 3 N–H and O–H groups in total. The zero-order chi connectivity index (χ0) is 25.6. The van der Waals surface area contributed by atoms with E-state index in [2.05, 4.69) is 5.32 Å². The van der Waals surface area contributed by atoms with Crippen LogP contribution in [0.4, 0.5) is 14.5 Å². The lowest BCUT2D eigenvalue weighted by Gasteiger charge is -2.23. The van der Waals surface area contributed by atoms with E-state index in [0.29, 0.717) is 27.7 Å². The van der Waals surface area contributed by atoms with Gasteiger partial charge >= 0.3 is 12.0 Å². The van der Waals surface area contributed by atoms with Crippen LogP contribution in [-0.2, 0) is 9.59 Å². The number of hydrogen-bond donors (Lipinski definition) is 2. The van der Waals surface area contributed by atoms with Crippen LogP contribution in [0, 0.1) is 0 Å². The summed E-state index contributed by atoms with van der Waals surface area (Å²) in [5.74, 6) is -1.15. The number of alkyl halides is 2. The van der Waals surface area contributed by atoms with Gasteiger partial charge in [0, 0.05) is 17.7 Å². The van der Waals surface area contributed by atoms with Crippen molar-refractivity contribution in [1.82, 2.24) is 4.90 Å². The fraction of sp³-hybridized carbons (Fsp3) is 0.304. The lowest BCUT2D eigenvalue weighted by Crippen LogP contribution is -2.46. The fourth-order valence-electron chi connectivity index (χ4n) is 2.99. The van der Waals surface area contributed by atoms with Crippen LogP contribution in [0.1, 0.15) is 11.1 Å². The Kier molecular flexibility index (Phi) is 8.41. The quantitative estimate of drug-likeness (QED) is 0.306. The maximum atomic E-state index is 14.1. The smallest absolute Gasteiger partial charge is 0.383 e. The third kappa shape index (κ3) is 5.54. The number of carbonyl (C=O) groups is 2. The number of nitrogens with two attached hydrogens (primary N) is 1. The first-order valence-corrected chi connectivity index (χ1v) is 9.86. The predicted octanol–water partition coefficient (Wildman–Crippen LogP) is 2.84. The second-order valence-electron chi connectivity index (χ2n) is 7.17. The molecule has 0 saturated carbocycles. The molecule has 0 saturated heterocycles. The normalized spacial score (nSPS) is 11.7. The highest BCUT2D eigenvalue weighted by atomic mass is 19.3. The molecule has 9 nitrogen and oxygen atoms in total. The van der Waals surface area contributed by atoms with Crippen LogP contribution in [0.3, 0.4) is 0 Å². The molecule has 2 aromatic carbocycles. The molecule has 0 aliphatic heterocycles. The molecule has 2 aromatic rings. The average Bonchev–Trinajstić information content (AvgIpc) is 2.81. The molecule has 2 amide bonds. The first-order chi connectivity index (χ1) is 16.0. The summed E-state index contributed by atoms with van der Waals surface area (Å²) in [7, 11) is 7.79. The SMILES string of the molecule is COc1cc(OC)c(C=C(C(N)=O)c2ccc(OC)c(NC(=O)C(F)(F)N(C)C)c2)c(OC)c1. The first kappa shape index (κ1) is 26.4. The highest BCUT2D eigenvalue weighted by Gasteiger charge is 2.41. The number of amides is 2. The number of rotatable bonds is 10. The van der Waals surface area contributed by atoms with Crippen LogP contribution in [0.25, 0.3) is 11.6 Å². The molecule has 0 aliphatic rings. The van der Waals surface area contributed by atoms with Crippen molar-refractivity contribution < 1.29 is 37.3 Å². The molecule has 34 heavy (non-hydrogen) atoms. The van der Waals surface area contributed by atoms with Gasteiger partial charge in [0.1, 0.15) is 23.0 Å². The van der Waals surface area contributed by atoms with Gasteiger partial charge in [0.2, 0.25) is 5.91 Å². The van der Waals surface area contributed by atoms with Crippen molar-refractivity contribution in [1.29, 1.82) is 0 Å². The van der Waals surface area contributed by atoms with E-state index in [1.165, 1.54) is 52.7 Å². The summed E-state index contributed by atoms with van der Waals surface area (Å²) >= 11 is 0. The molecule has 0 heterocycles. The summed E-state index contributed by atoms with van der Waals surface area (Å²) in [6.07, 6.45) is 1.43. The number of halogens is 2. The summed E-state index contributed by atoms with van der Waals surface area (Å²) in [5.41, 5.74) is 6.17. The number of anilines is 1. The third-order valence-corrected chi connectivity index (χ3v) is 4.90. The van der Waals surface area contributed by atoms with E-state index >= 15 is 0 Å². The summed E-state index contributed by atoms with van der Waals surface area (Å²) in [6.45, 7) is 0. The molecule has 0 spiro atoms. The standard InChI is InChI=1S/C23H27F2N3O6/c1-28(2)23(24,25)22(30)27-17-9-13(7-8-18(17)32-4)15(21(26)29)12-16-19(33-5)10-14(31-3)11-20(16)34-6/h7-12H,1-6H3,(H2,26,29)(H,27,30). The maximum absolute atomic E-state index is 14.1.